The summed E-state index contributed by atoms with van der Waals surface area (Å²) in [6, 6.07) is 11.0. The molecule has 2 amide bonds. The van der Waals surface area contributed by atoms with Gasteiger partial charge in [-0.15, -0.1) is 0 Å². The molecular formula is C37H45ClFN3O5S. The third-order valence-corrected chi connectivity index (χ3v) is 13.5. The summed E-state index contributed by atoms with van der Waals surface area (Å²) in [4.78, 5) is 29.1. The minimum atomic E-state index is -3.31. The van der Waals surface area contributed by atoms with Gasteiger partial charge in [-0.2, -0.15) is 4.36 Å². The van der Waals surface area contributed by atoms with E-state index in [-0.39, 0.29) is 29.6 Å². The molecule has 11 heteroatoms. The van der Waals surface area contributed by atoms with Crippen molar-refractivity contribution >= 4 is 38.8 Å². The number of fused-ring (bicyclic) bond motifs is 4. The molecule has 0 radical (unpaired) electrons. The zero-order chi connectivity index (χ0) is 33.6. The molecule has 1 N–H and O–H groups in total. The van der Waals surface area contributed by atoms with E-state index in [0.717, 1.165) is 49.4 Å². The molecule has 48 heavy (non-hydrogen) atoms. The van der Waals surface area contributed by atoms with E-state index in [4.69, 9.17) is 21.1 Å². The molecule has 0 aromatic heterocycles. The van der Waals surface area contributed by atoms with Gasteiger partial charge in [-0.25, -0.2) is 8.60 Å². The third kappa shape index (κ3) is 6.90. The van der Waals surface area contributed by atoms with Gasteiger partial charge in [0.05, 0.1) is 34.2 Å². The number of hydrogen-bond acceptors (Lipinski definition) is 6. The van der Waals surface area contributed by atoms with E-state index in [1.54, 1.807) is 13.2 Å². The first-order valence-electron chi connectivity index (χ1n) is 17.3. The Bertz CT molecular complexity index is 1740. The maximum Gasteiger partial charge on any atom is 0.285 e. The fourth-order valence-corrected chi connectivity index (χ4v) is 10.6. The van der Waals surface area contributed by atoms with Crippen LogP contribution in [0.4, 0.5) is 10.1 Å². The number of carbonyl (C=O) groups excluding carboxylic acids is 2. The van der Waals surface area contributed by atoms with E-state index in [9.17, 15) is 18.2 Å². The van der Waals surface area contributed by atoms with Crippen molar-refractivity contribution in [2.75, 3.05) is 43.2 Å². The topological polar surface area (TPSA) is 97.3 Å². The van der Waals surface area contributed by atoms with Crippen molar-refractivity contribution in [3.63, 3.8) is 0 Å². The number of carbonyl (C=O) groups is 2. The fraction of sp³-hybridized carbons (Fsp3) is 0.568. The summed E-state index contributed by atoms with van der Waals surface area (Å²) in [5.41, 5.74) is 3.38. The van der Waals surface area contributed by atoms with Crippen LogP contribution in [-0.4, -0.2) is 72.7 Å². The van der Waals surface area contributed by atoms with Gasteiger partial charge in [0.2, 0.25) is 5.91 Å². The van der Waals surface area contributed by atoms with E-state index in [1.807, 2.05) is 25.1 Å². The lowest BCUT2D eigenvalue weighted by Crippen LogP contribution is -2.49. The Kier molecular flexibility index (Phi) is 9.36. The van der Waals surface area contributed by atoms with Gasteiger partial charge in [-0.05, 0) is 97.7 Å². The molecule has 2 saturated carbocycles. The number of alkyl halides is 1. The summed E-state index contributed by atoms with van der Waals surface area (Å²) >= 11 is 6.43. The van der Waals surface area contributed by atoms with Crippen LogP contribution in [0.1, 0.15) is 66.9 Å². The van der Waals surface area contributed by atoms with Crippen LogP contribution in [0.2, 0.25) is 5.02 Å². The third-order valence-electron chi connectivity index (χ3n) is 11.0. The fourth-order valence-electron chi connectivity index (χ4n) is 8.24. The number of amides is 2. The highest BCUT2D eigenvalue weighted by molar-refractivity contribution is 7.94. The number of allylic oxidation sites excluding steroid dienone is 1. The number of hydrogen-bond donors (Lipinski definition) is 1. The van der Waals surface area contributed by atoms with E-state index in [2.05, 4.69) is 38.9 Å². The molecule has 258 valence electrons. The van der Waals surface area contributed by atoms with Gasteiger partial charge >= 0.3 is 0 Å². The summed E-state index contributed by atoms with van der Waals surface area (Å²) in [5, 5.41) is 3.34. The summed E-state index contributed by atoms with van der Waals surface area (Å²) in [7, 11) is -1.55. The Hall–Kier alpha value is -2.95. The standard InChI is InChI=1S/C37H45ClFN3O5S/c1-23-5-3-7-33(46-2)28-11-8-26(28)18-42-21-37(14-4-6-24-15-27(38)10-12-29(24)37)22-47-34-13-9-25(16-32(34)42)36(44)41-48(45,19-23)20-35(43)40-31-17-30(31)39/h3,7,9-10,12-13,15-16,23,26,28,30-31,33H,4-6,8,11,14,17-22H2,1-2H3,(H,40,43)/b7-3+/t23-,26-,28+,30-,31+,33-,37-,48+/m0/s1. The highest BCUT2D eigenvalue weighted by Gasteiger charge is 2.44. The lowest BCUT2D eigenvalue weighted by molar-refractivity contribution is -0.118. The van der Waals surface area contributed by atoms with Crippen LogP contribution in [0.15, 0.2) is 52.9 Å². The van der Waals surface area contributed by atoms with Crippen molar-refractivity contribution in [1.82, 2.24) is 5.32 Å². The number of methoxy groups -OCH3 is 1. The summed E-state index contributed by atoms with van der Waals surface area (Å²) in [6.07, 6.45) is 9.01. The molecule has 8 nitrogen and oxygen atoms in total. The quantitative estimate of drug-likeness (QED) is 0.378. The molecule has 8 atom stereocenters. The monoisotopic (exact) mass is 697 g/mol. The highest BCUT2D eigenvalue weighted by atomic mass is 35.5. The zero-order valence-corrected chi connectivity index (χ0v) is 29.2. The summed E-state index contributed by atoms with van der Waals surface area (Å²) < 4.78 is 44.8. The first-order chi connectivity index (χ1) is 23.0. The normalized spacial score (nSPS) is 35.2. The Morgan fingerprint density at radius 3 is 2.83 bits per heavy atom. The maximum absolute atomic E-state index is 14.3. The van der Waals surface area contributed by atoms with Crippen molar-refractivity contribution in [3.8, 4) is 5.75 Å². The molecular weight excluding hydrogens is 653 g/mol. The van der Waals surface area contributed by atoms with Crippen LogP contribution in [0, 0.1) is 17.8 Å². The number of nitrogens with one attached hydrogen (secondary N) is 1. The number of benzene rings is 2. The van der Waals surface area contributed by atoms with Crippen molar-refractivity contribution in [1.29, 1.82) is 0 Å². The molecule has 2 aliphatic heterocycles. The van der Waals surface area contributed by atoms with Gasteiger partial charge in [0.15, 0.2) is 0 Å². The number of ether oxygens (including phenoxy) is 2. The molecule has 2 fully saturated rings. The second-order valence-corrected chi connectivity index (χ2v) is 17.4. The maximum atomic E-state index is 14.3. The smallest absolute Gasteiger partial charge is 0.285 e. The van der Waals surface area contributed by atoms with E-state index in [1.165, 1.54) is 11.1 Å². The van der Waals surface area contributed by atoms with Gasteiger partial charge in [-0.3, -0.25) is 9.59 Å². The van der Waals surface area contributed by atoms with Crippen molar-refractivity contribution in [3.05, 3.63) is 70.3 Å². The molecule has 1 spiro atoms. The molecule has 7 rings (SSSR count). The average Bonchev–Trinajstić information content (AvgIpc) is 3.75. The van der Waals surface area contributed by atoms with Crippen LogP contribution >= 0.6 is 11.6 Å². The first-order valence-corrected chi connectivity index (χ1v) is 19.5. The lowest BCUT2D eigenvalue weighted by Gasteiger charge is -2.46. The Balaban J connectivity index is 1.28. The van der Waals surface area contributed by atoms with Crippen LogP contribution in [0.25, 0.3) is 0 Å². The largest absolute Gasteiger partial charge is 0.490 e. The SMILES string of the molecule is CO[C@H]1/C=C/C[C@H](C)C[S@@](=O)(CC(=O)N[C@@H]2C[C@@H]2F)=NC(=O)c2ccc3c(c2)N(C[C@@H]2CC[C@H]21)C[C@@]1(CCCc2cc(Cl)ccc21)CO3. The van der Waals surface area contributed by atoms with Crippen LogP contribution in [0.3, 0.4) is 0 Å². The van der Waals surface area contributed by atoms with Crippen LogP contribution in [0.5, 0.6) is 5.75 Å². The lowest BCUT2D eigenvalue weighted by atomic mass is 9.68. The predicted octanol–water partition coefficient (Wildman–Crippen LogP) is 6.29. The number of halogens is 2. The molecule has 3 aliphatic carbocycles. The zero-order valence-electron chi connectivity index (χ0n) is 27.7. The minimum absolute atomic E-state index is 0.0574. The van der Waals surface area contributed by atoms with E-state index >= 15 is 0 Å². The predicted molar refractivity (Wildman–Crippen MR) is 186 cm³/mol. The van der Waals surface area contributed by atoms with Crippen molar-refractivity contribution in [2.45, 2.75) is 75.6 Å². The van der Waals surface area contributed by atoms with Gasteiger partial charge in [0.25, 0.3) is 5.91 Å². The van der Waals surface area contributed by atoms with Gasteiger partial charge in [0.1, 0.15) is 17.7 Å². The van der Waals surface area contributed by atoms with Crippen molar-refractivity contribution < 1.29 is 27.7 Å². The minimum Gasteiger partial charge on any atom is -0.490 e. The van der Waals surface area contributed by atoms with E-state index < -0.39 is 39.5 Å². The average molecular weight is 698 g/mol. The van der Waals surface area contributed by atoms with Gasteiger partial charge in [-0.1, -0.05) is 36.7 Å². The number of aryl methyl sites for hydroxylation is 1. The van der Waals surface area contributed by atoms with Crippen molar-refractivity contribution in [2.24, 2.45) is 22.1 Å². The second kappa shape index (κ2) is 13.4. The molecule has 0 unspecified atom stereocenters. The molecule has 5 aliphatic rings. The second-order valence-electron chi connectivity index (χ2n) is 14.7. The Labute approximate surface area is 288 Å². The Morgan fingerprint density at radius 2 is 2.08 bits per heavy atom. The highest BCUT2D eigenvalue weighted by Crippen LogP contribution is 2.47. The molecule has 2 aromatic rings. The van der Waals surface area contributed by atoms with E-state index in [0.29, 0.717) is 42.7 Å². The van der Waals surface area contributed by atoms with Gasteiger partial charge < -0.3 is 19.7 Å². The van der Waals surface area contributed by atoms with Gasteiger partial charge in [0, 0.05) is 48.4 Å². The first kappa shape index (κ1) is 33.5. The molecule has 0 saturated heterocycles. The number of nitrogens with zero attached hydrogens (tertiary/aromatic N) is 2. The Morgan fingerprint density at radius 1 is 1.25 bits per heavy atom. The number of rotatable bonds is 4. The van der Waals surface area contributed by atoms with Crippen LogP contribution in [-0.2, 0) is 31.1 Å². The van der Waals surface area contributed by atoms with Crippen LogP contribution < -0.4 is 15.0 Å². The summed E-state index contributed by atoms with van der Waals surface area (Å²) in [6.45, 7) is 3.94. The molecule has 2 heterocycles. The molecule has 2 aromatic carbocycles. The summed E-state index contributed by atoms with van der Waals surface area (Å²) in [5.74, 6) is -0.252. The number of anilines is 1. The molecule has 2 bridgehead atoms.